The monoisotopic (exact) mass is 727 g/mol. The maximum absolute atomic E-state index is 14.2. The van der Waals surface area contributed by atoms with Crippen LogP contribution in [0.25, 0.3) is 11.1 Å². The highest BCUT2D eigenvalue weighted by molar-refractivity contribution is 5.97. The molecule has 286 valence electrons. The van der Waals surface area contributed by atoms with Crippen molar-refractivity contribution in [3.05, 3.63) is 77.9 Å². The molecule has 0 radical (unpaired) electrons. The molecule has 8 atom stereocenters. The Bertz CT molecular complexity index is 1750. The molecule has 3 aromatic rings. The van der Waals surface area contributed by atoms with E-state index in [-0.39, 0.29) is 36.4 Å². The molecule has 4 aliphatic rings. The molecule has 2 amide bonds. The molecule has 1 heterocycles. The summed E-state index contributed by atoms with van der Waals surface area (Å²) in [6.07, 6.45) is 0.481. The maximum Gasteiger partial charge on any atom is 0.251 e. The number of hydrogen-bond donors (Lipinski definition) is 5. The van der Waals surface area contributed by atoms with Crippen molar-refractivity contribution in [3.63, 3.8) is 0 Å². The van der Waals surface area contributed by atoms with E-state index in [1.807, 2.05) is 85.7 Å². The van der Waals surface area contributed by atoms with Crippen molar-refractivity contribution in [2.45, 2.75) is 71.4 Å². The van der Waals surface area contributed by atoms with Crippen LogP contribution in [0, 0.1) is 29.1 Å². The third kappa shape index (κ3) is 7.90. The van der Waals surface area contributed by atoms with Crippen molar-refractivity contribution in [1.82, 2.24) is 15.7 Å². The molecule has 11 nitrogen and oxygen atoms in total. The summed E-state index contributed by atoms with van der Waals surface area (Å²) >= 11 is 0. The minimum atomic E-state index is -0.898. The molecule has 3 aromatic carbocycles. The lowest BCUT2D eigenvalue weighted by Crippen LogP contribution is -2.62. The van der Waals surface area contributed by atoms with Crippen molar-refractivity contribution >= 4 is 23.2 Å². The van der Waals surface area contributed by atoms with E-state index in [0.717, 1.165) is 34.5 Å². The highest BCUT2D eigenvalue weighted by Gasteiger charge is 2.57. The summed E-state index contributed by atoms with van der Waals surface area (Å²) in [6.45, 7) is 9.41. The highest BCUT2D eigenvalue weighted by Crippen LogP contribution is 2.61. The zero-order valence-electron chi connectivity index (χ0n) is 32.1. The Morgan fingerprint density at radius 2 is 1.81 bits per heavy atom. The molecule has 3 aliphatic carbocycles. The van der Waals surface area contributed by atoms with Gasteiger partial charge in [0.25, 0.3) is 5.91 Å². The number of rotatable bonds is 14. The molecule has 11 heteroatoms. The molecule has 0 aromatic heterocycles. The summed E-state index contributed by atoms with van der Waals surface area (Å²) in [4.78, 5) is 35.9. The molecule has 4 fully saturated rings. The van der Waals surface area contributed by atoms with Gasteiger partial charge in [-0.2, -0.15) is 5.06 Å². The number of aliphatic hydroxyl groups is 2. The Hall–Kier alpha value is -4.16. The number of anilines is 2. The van der Waals surface area contributed by atoms with Crippen molar-refractivity contribution in [3.8, 4) is 16.9 Å². The number of fused-ring (bicyclic) bond motifs is 2. The van der Waals surface area contributed by atoms with Gasteiger partial charge in [-0.25, -0.2) is 0 Å². The molecule has 5 N–H and O–H groups in total. The molecule has 3 saturated carbocycles. The van der Waals surface area contributed by atoms with E-state index in [0.29, 0.717) is 42.2 Å². The molecule has 1 aliphatic heterocycles. The van der Waals surface area contributed by atoms with Crippen LogP contribution >= 0.6 is 0 Å². The number of carbonyl (C=O) groups excluding carboxylic acids is 2. The van der Waals surface area contributed by atoms with Gasteiger partial charge in [-0.1, -0.05) is 57.2 Å². The number of hydrogen-bond acceptors (Lipinski definition) is 9. The molecular formula is C42H57N5O6. The molecule has 7 rings (SSSR count). The van der Waals surface area contributed by atoms with Crippen molar-refractivity contribution in [2.75, 3.05) is 51.1 Å². The van der Waals surface area contributed by atoms with Gasteiger partial charge in [0.15, 0.2) is 0 Å². The first-order valence-corrected chi connectivity index (χ1v) is 18.9. The van der Waals surface area contributed by atoms with Crippen LogP contribution in [-0.4, -0.2) is 92.3 Å². The first kappa shape index (κ1) is 38.6. The van der Waals surface area contributed by atoms with Crippen molar-refractivity contribution in [2.24, 2.45) is 29.1 Å². The third-order valence-electron chi connectivity index (χ3n) is 12.2. The lowest BCUT2D eigenvalue weighted by molar-refractivity contribution is -0.183. The molecule has 0 spiro atoms. The lowest BCUT2D eigenvalue weighted by Gasteiger charge is -2.62. The van der Waals surface area contributed by atoms with Gasteiger partial charge in [0.1, 0.15) is 17.9 Å². The van der Waals surface area contributed by atoms with Gasteiger partial charge in [-0.15, -0.1) is 0 Å². The van der Waals surface area contributed by atoms with Gasteiger partial charge in [-0.05, 0) is 78.8 Å². The van der Waals surface area contributed by atoms with Crippen molar-refractivity contribution in [1.29, 1.82) is 0 Å². The number of amides is 2. The molecule has 0 unspecified atom stereocenters. The summed E-state index contributed by atoms with van der Waals surface area (Å²) in [5, 5.41) is 32.5. The Labute approximate surface area is 314 Å². The average molecular weight is 728 g/mol. The van der Waals surface area contributed by atoms with Crippen LogP contribution in [0.4, 0.5) is 11.4 Å². The zero-order valence-corrected chi connectivity index (χ0v) is 32.1. The number of nitrogens with zero attached hydrogens (tertiary/aromatic N) is 2. The van der Waals surface area contributed by atoms with E-state index in [4.69, 9.17) is 9.57 Å². The fourth-order valence-corrected chi connectivity index (χ4v) is 9.03. The van der Waals surface area contributed by atoms with Crippen LogP contribution in [-0.2, 0) is 16.2 Å². The summed E-state index contributed by atoms with van der Waals surface area (Å²) in [5.74, 6) is 1.01. The van der Waals surface area contributed by atoms with Crippen LogP contribution in [0.5, 0.6) is 5.75 Å². The van der Waals surface area contributed by atoms with Crippen LogP contribution in [0.2, 0.25) is 0 Å². The lowest BCUT2D eigenvalue weighted by atomic mass is 9.45. The standard InChI is InChI=1S/C42H57N5O6/c1-25-34-21-30(42(34,3)4)22-35(25)45-41(51)38-37(26(2)49)36(24-48)53-47(38)23-27-12-11-15-33(39(27)52-7)28-18-29(20-32(19-28)46(5)6)40(50)44-17-16-43-31-13-9-8-10-14-31/h8-15,18-20,25-26,30,34-38,43,48-49H,16-17,21-24H2,1-7H3,(H,44,50)(H,45,51)/t25-,26-,30-,34-,35-,36-,37+,38-/m0/s1. The predicted molar refractivity (Wildman–Crippen MR) is 208 cm³/mol. The average Bonchev–Trinajstić information content (AvgIpc) is 3.52. The normalized spacial score (nSPS) is 26.6. The number of aliphatic hydroxyl groups excluding tert-OH is 2. The number of nitrogens with one attached hydrogen (secondary N) is 3. The van der Waals surface area contributed by atoms with Crippen LogP contribution < -0.4 is 25.6 Å². The minimum Gasteiger partial charge on any atom is -0.496 e. The van der Waals surface area contributed by atoms with Crippen molar-refractivity contribution < 1.29 is 29.4 Å². The summed E-state index contributed by atoms with van der Waals surface area (Å²) in [5.41, 5.74) is 4.97. The maximum atomic E-state index is 14.2. The quantitative estimate of drug-likeness (QED) is 0.147. The summed E-state index contributed by atoms with van der Waals surface area (Å²) in [7, 11) is 5.47. The fourth-order valence-electron chi connectivity index (χ4n) is 9.03. The highest BCUT2D eigenvalue weighted by atomic mass is 16.7. The number of para-hydroxylation sites is 2. The van der Waals surface area contributed by atoms with E-state index in [1.54, 1.807) is 19.1 Å². The number of methoxy groups -OCH3 is 1. The van der Waals surface area contributed by atoms with E-state index < -0.39 is 24.2 Å². The van der Waals surface area contributed by atoms with Crippen LogP contribution in [0.15, 0.2) is 66.7 Å². The van der Waals surface area contributed by atoms with E-state index in [2.05, 4.69) is 36.7 Å². The molecule has 53 heavy (non-hydrogen) atoms. The number of benzene rings is 3. The third-order valence-corrected chi connectivity index (χ3v) is 12.2. The van der Waals surface area contributed by atoms with Gasteiger partial charge in [-0.3, -0.25) is 14.4 Å². The first-order valence-electron chi connectivity index (χ1n) is 18.9. The molecule has 1 saturated heterocycles. The Morgan fingerprint density at radius 3 is 2.45 bits per heavy atom. The zero-order chi connectivity index (χ0) is 38.0. The second-order valence-electron chi connectivity index (χ2n) is 15.9. The fraction of sp³-hybridized carbons (Fsp3) is 0.524. The Kier molecular flexibility index (Phi) is 11.7. The first-order chi connectivity index (χ1) is 25.3. The second kappa shape index (κ2) is 16.1. The number of carbonyl (C=O) groups is 2. The van der Waals surface area contributed by atoms with Crippen LogP contribution in [0.1, 0.15) is 56.5 Å². The van der Waals surface area contributed by atoms with E-state index in [1.165, 1.54) is 6.42 Å². The van der Waals surface area contributed by atoms with Gasteiger partial charge >= 0.3 is 0 Å². The SMILES string of the molecule is COc1c(CN2O[C@@H](CO)[C@@H]([C@H](C)O)[C@H]2C(=O)N[C@H]2C[C@@H]3C[C@@H]([C@@H]2C)C3(C)C)cccc1-c1cc(C(=O)NCCNc2ccccc2)cc(N(C)C)c1. The van der Waals surface area contributed by atoms with Gasteiger partial charge < -0.3 is 35.8 Å². The van der Waals surface area contributed by atoms with E-state index in [9.17, 15) is 19.8 Å². The van der Waals surface area contributed by atoms with Gasteiger partial charge in [0.05, 0.1) is 26.4 Å². The number of hydroxylamine groups is 2. The topological polar surface area (TPSA) is 136 Å². The second-order valence-corrected chi connectivity index (χ2v) is 15.9. The Balaban J connectivity index is 1.24. The van der Waals surface area contributed by atoms with E-state index >= 15 is 0 Å². The minimum absolute atomic E-state index is 0.0392. The largest absolute Gasteiger partial charge is 0.496 e. The van der Waals surface area contributed by atoms with Gasteiger partial charge in [0.2, 0.25) is 5.91 Å². The Morgan fingerprint density at radius 1 is 1.06 bits per heavy atom. The summed E-state index contributed by atoms with van der Waals surface area (Å²) < 4.78 is 6.05. The van der Waals surface area contributed by atoms with Gasteiger partial charge in [0, 0.05) is 67.2 Å². The molecule has 2 bridgehead atoms. The molecular weight excluding hydrogens is 670 g/mol. The smallest absolute Gasteiger partial charge is 0.251 e. The summed E-state index contributed by atoms with van der Waals surface area (Å²) in [6, 6.07) is 20.6. The number of ether oxygens (including phenoxy) is 1. The predicted octanol–water partition coefficient (Wildman–Crippen LogP) is 4.93. The van der Waals surface area contributed by atoms with Crippen LogP contribution in [0.3, 0.4) is 0 Å².